The summed E-state index contributed by atoms with van der Waals surface area (Å²) in [6.45, 7) is 5.42. The minimum Gasteiger partial charge on any atom is -0.406 e. The van der Waals surface area contributed by atoms with Gasteiger partial charge in [0.05, 0.1) is 22.7 Å². The Balaban J connectivity index is 1.81. The van der Waals surface area contributed by atoms with E-state index in [-0.39, 0.29) is 27.8 Å². The number of sulfone groups is 1. The first kappa shape index (κ1) is 22.5. The maximum Gasteiger partial charge on any atom is 0.317 e. The minimum absolute atomic E-state index is 0.00468. The number of carbonyl (C=O) groups is 1. The van der Waals surface area contributed by atoms with Crippen molar-refractivity contribution in [2.45, 2.75) is 37.0 Å². The second-order valence-electron chi connectivity index (χ2n) is 7.92. The first-order valence-electron chi connectivity index (χ1n) is 10.5. The highest BCUT2D eigenvalue weighted by Crippen LogP contribution is 2.34. The fraction of sp³-hybridized carbons (Fsp3) is 0.154. The molecule has 7 heteroatoms. The van der Waals surface area contributed by atoms with E-state index in [1.807, 2.05) is 44.2 Å². The van der Waals surface area contributed by atoms with Crippen molar-refractivity contribution in [3.05, 3.63) is 101 Å². The summed E-state index contributed by atoms with van der Waals surface area (Å²) in [4.78, 5) is 12.9. The van der Waals surface area contributed by atoms with E-state index in [0.717, 1.165) is 16.7 Å². The van der Waals surface area contributed by atoms with Gasteiger partial charge in [-0.15, -0.1) is 0 Å². The van der Waals surface area contributed by atoms with Gasteiger partial charge in [0.1, 0.15) is 0 Å². The maximum atomic E-state index is 13.6. The van der Waals surface area contributed by atoms with Gasteiger partial charge in [-0.25, -0.2) is 8.42 Å². The van der Waals surface area contributed by atoms with Crippen molar-refractivity contribution in [1.82, 2.24) is 9.78 Å². The summed E-state index contributed by atoms with van der Waals surface area (Å²) in [5, 5.41) is 4.42. The fourth-order valence-corrected chi connectivity index (χ4v) is 5.12. The van der Waals surface area contributed by atoms with Gasteiger partial charge in [-0.3, -0.25) is 4.79 Å². The van der Waals surface area contributed by atoms with E-state index in [4.69, 9.17) is 4.74 Å². The Hall–Kier alpha value is -3.71. The molecule has 0 fully saturated rings. The monoisotopic (exact) mass is 460 g/mol. The molecule has 0 radical (unpaired) electrons. The third-order valence-electron chi connectivity index (χ3n) is 5.21. The van der Waals surface area contributed by atoms with Gasteiger partial charge >= 0.3 is 5.97 Å². The molecule has 0 N–H and O–H groups in total. The van der Waals surface area contributed by atoms with Crippen LogP contribution in [0.25, 0.3) is 5.69 Å². The van der Waals surface area contributed by atoms with Crippen LogP contribution in [0.5, 0.6) is 5.88 Å². The molecule has 0 unspecified atom stereocenters. The normalized spacial score (nSPS) is 11.4. The summed E-state index contributed by atoms with van der Waals surface area (Å²) < 4.78 is 34.2. The van der Waals surface area contributed by atoms with Crippen LogP contribution >= 0.6 is 0 Å². The van der Waals surface area contributed by atoms with Crippen LogP contribution < -0.4 is 4.74 Å². The molecule has 3 aromatic carbocycles. The summed E-state index contributed by atoms with van der Waals surface area (Å²) in [5.74, 6) is -0.685. The molecule has 0 aliphatic carbocycles. The Bertz CT molecular complexity index is 1410. The molecule has 0 atom stereocenters. The predicted molar refractivity (Wildman–Crippen MR) is 125 cm³/mol. The second-order valence-corrected chi connectivity index (χ2v) is 9.81. The molecular weight excluding hydrogens is 436 g/mol. The third-order valence-corrected chi connectivity index (χ3v) is 7.11. The van der Waals surface area contributed by atoms with E-state index in [2.05, 4.69) is 5.10 Å². The molecule has 0 spiro atoms. The summed E-state index contributed by atoms with van der Waals surface area (Å²) in [7, 11) is -3.99. The van der Waals surface area contributed by atoms with Crippen molar-refractivity contribution in [2.24, 2.45) is 0 Å². The van der Waals surface area contributed by atoms with E-state index in [1.165, 1.54) is 4.68 Å². The zero-order chi connectivity index (χ0) is 23.6. The van der Waals surface area contributed by atoms with Crippen molar-refractivity contribution in [1.29, 1.82) is 0 Å². The van der Waals surface area contributed by atoms with Gasteiger partial charge in [0.2, 0.25) is 15.7 Å². The number of benzene rings is 3. The molecule has 6 nitrogen and oxygen atoms in total. The Morgan fingerprint density at radius 3 is 2.24 bits per heavy atom. The molecule has 0 amide bonds. The van der Waals surface area contributed by atoms with Crippen LogP contribution in [0.4, 0.5) is 0 Å². The standard InChI is InChI=1S/C26H24N2O4S/c1-18-12-14-23(15-13-18)33(30,31)25-20(3)27-28(22-10-5-4-6-11-22)26(25)32-24(29)17-21-9-7-8-19(2)16-21/h4-16H,17H2,1-3H3. The number of rotatable bonds is 6. The Morgan fingerprint density at radius 2 is 1.58 bits per heavy atom. The lowest BCUT2D eigenvalue weighted by Crippen LogP contribution is -2.16. The second kappa shape index (κ2) is 9.03. The number of aryl methyl sites for hydroxylation is 3. The van der Waals surface area contributed by atoms with Crippen molar-refractivity contribution in [3.8, 4) is 11.6 Å². The summed E-state index contributed by atoms with van der Waals surface area (Å²) in [6, 6.07) is 23.1. The van der Waals surface area contributed by atoms with Crippen LogP contribution in [0.2, 0.25) is 0 Å². The topological polar surface area (TPSA) is 78.3 Å². The van der Waals surface area contributed by atoms with Gasteiger partial charge in [0.15, 0.2) is 4.90 Å². The molecule has 0 saturated carbocycles. The highest BCUT2D eigenvalue weighted by atomic mass is 32.2. The van der Waals surface area contributed by atoms with E-state index in [1.54, 1.807) is 55.5 Å². The van der Waals surface area contributed by atoms with Gasteiger partial charge in [-0.05, 0) is 50.6 Å². The highest BCUT2D eigenvalue weighted by molar-refractivity contribution is 7.91. The number of hydrogen-bond donors (Lipinski definition) is 0. The first-order valence-corrected chi connectivity index (χ1v) is 12.0. The number of aromatic nitrogens is 2. The van der Waals surface area contributed by atoms with Crippen LogP contribution in [-0.2, 0) is 21.1 Å². The van der Waals surface area contributed by atoms with Crippen LogP contribution in [0.3, 0.4) is 0 Å². The lowest BCUT2D eigenvalue weighted by atomic mass is 10.1. The van der Waals surface area contributed by atoms with E-state index >= 15 is 0 Å². The lowest BCUT2D eigenvalue weighted by Gasteiger charge is -2.11. The molecule has 0 aliphatic rings. The fourth-order valence-electron chi connectivity index (χ4n) is 3.60. The van der Waals surface area contributed by atoms with Gasteiger partial charge in [0.25, 0.3) is 0 Å². The molecule has 4 aromatic rings. The van der Waals surface area contributed by atoms with Gasteiger partial charge < -0.3 is 4.74 Å². The Labute approximate surface area is 193 Å². The molecular formula is C26H24N2O4S. The third kappa shape index (κ3) is 4.73. The van der Waals surface area contributed by atoms with Crippen molar-refractivity contribution < 1.29 is 17.9 Å². The number of carbonyl (C=O) groups excluding carboxylic acids is 1. The zero-order valence-electron chi connectivity index (χ0n) is 18.6. The van der Waals surface area contributed by atoms with Crippen LogP contribution in [0, 0.1) is 20.8 Å². The molecule has 33 heavy (non-hydrogen) atoms. The van der Waals surface area contributed by atoms with Crippen molar-refractivity contribution in [2.75, 3.05) is 0 Å². The van der Waals surface area contributed by atoms with Gasteiger partial charge in [-0.2, -0.15) is 9.78 Å². The minimum atomic E-state index is -3.99. The summed E-state index contributed by atoms with van der Waals surface area (Å²) in [6.07, 6.45) is 0.00468. The van der Waals surface area contributed by atoms with Gasteiger partial charge in [0, 0.05) is 0 Å². The van der Waals surface area contributed by atoms with E-state index in [9.17, 15) is 13.2 Å². The zero-order valence-corrected chi connectivity index (χ0v) is 19.5. The smallest absolute Gasteiger partial charge is 0.317 e. The number of esters is 1. The molecule has 0 aliphatic heterocycles. The number of nitrogens with zero attached hydrogens (tertiary/aromatic N) is 2. The van der Waals surface area contributed by atoms with Crippen molar-refractivity contribution >= 4 is 15.8 Å². The molecule has 1 heterocycles. The molecule has 168 valence electrons. The first-order chi connectivity index (χ1) is 15.8. The van der Waals surface area contributed by atoms with Crippen LogP contribution in [-0.4, -0.2) is 24.2 Å². The van der Waals surface area contributed by atoms with E-state index in [0.29, 0.717) is 5.69 Å². The maximum absolute atomic E-state index is 13.6. The molecule has 0 bridgehead atoms. The van der Waals surface area contributed by atoms with E-state index < -0.39 is 15.8 Å². The predicted octanol–water partition coefficient (Wildman–Crippen LogP) is 4.78. The molecule has 4 rings (SSSR count). The van der Waals surface area contributed by atoms with Gasteiger partial charge in [-0.1, -0.05) is 65.7 Å². The summed E-state index contributed by atoms with van der Waals surface area (Å²) >= 11 is 0. The Kier molecular flexibility index (Phi) is 6.16. The lowest BCUT2D eigenvalue weighted by molar-refractivity contribution is -0.134. The summed E-state index contributed by atoms with van der Waals surface area (Å²) in [5.41, 5.74) is 3.58. The Morgan fingerprint density at radius 1 is 0.879 bits per heavy atom. The van der Waals surface area contributed by atoms with Crippen molar-refractivity contribution in [3.63, 3.8) is 0 Å². The number of ether oxygens (including phenoxy) is 1. The van der Waals surface area contributed by atoms with Crippen LogP contribution in [0.15, 0.2) is 88.7 Å². The average Bonchev–Trinajstić information content (AvgIpc) is 3.11. The molecule has 0 saturated heterocycles. The quantitative estimate of drug-likeness (QED) is 0.387. The van der Waals surface area contributed by atoms with Crippen LogP contribution in [0.1, 0.15) is 22.4 Å². The largest absolute Gasteiger partial charge is 0.406 e. The SMILES string of the molecule is Cc1ccc(S(=O)(=O)c2c(C)nn(-c3ccccc3)c2OC(=O)Cc2cccc(C)c2)cc1. The molecule has 1 aromatic heterocycles. The number of hydrogen-bond acceptors (Lipinski definition) is 5. The average molecular weight is 461 g/mol. The number of para-hydroxylation sites is 1. The highest BCUT2D eigenvalue weighted by Gasteiger charge is 2.32.